The number of non-ortho nitro benzene ring substituents is 1. The number of hydrogen-bond donors (Lipinski definition) is 1. The number of carbonyl (C=O) groups excluding carboxylic acids is 1. The maximum atomic E-state index is 12.0. The Kier molecular flexibility index (Phi) is 6.31. The highest BCUT2D eigenvalue weighted by molar-refractivity contribution is 9.10. The molecule has 0 fully saturated rings. The van der Waals surface area contributed by atoms with E-state index in [0.717, 1.165) is 16.5 Å². The number of hydrogen-bond acceptors (Lipinski definition) is 4. The molecule has 2 aromatic rings. The minimum atomic E-state index is -0.486. The smallest absolute Gasteiger partial charge is 0.269 e. The van der Waals surface area contributed by atoms with Gasteiger partial charge in [-0.25, -0.2) is 0 Å². The molecule has 0 aliphatic heterocycles. The zero-order valence-corrected chi connectivity index (χ0v) is 14.7. The number of ether oxygens (including phenoxy) is 1. The third-order valence-corrected chi connectivity index (χ3v) is 3.96. The normalized spacial score (nSPS) is 11.6. The van der Waals surface area contributed by atoms with E-state index in [-0.39, 0.29) is 24.2 Å². The van der Waals surface area contributed by atoms with Crippen LogP contribution >= 0.6 is 15.9 Å². The van der Waals surface area contributed by atoms with Gasteiger partial charge in [0.15, 0.2) is 6.61 Å². The van der Waals surface area contributed by atoms with Crippen LogP contribution in [0, 0.1) is 10.1 Å². The molecule has 126 valence electrons. The summed E-state index contributed by atoms with van der Waals surface area (Å²) in [6.45, 7) is 1.84. The van der Waals surface area contributed by atoms with Crippen molar-refractivity contribution in [3.63, 3.8) is 0 Å². The lowest BCUT2D eigenvalue weighted by Crippen LogP contribution is -2.32. The van der Waals surface area contributed by atoms with E-state index in [9.17, 15) is 14.9 Å². The van der Waals surface area contributed by atoms with Gasteiger partial charge in [0, 0.05) is 16.6 Å². The second-order valence-electron chi connectivity index (χ2n) is 5.12. The predicted octanol–water partition coefficient (Wildman–Crippen LogP) is 4.00. The summed E-state index contributed by atoms with van der Waals surface area (Å²) < 4.78 is 6.34. The molecule has 24 heavy (non-hydrogen) atoms. The van der Waals surface area contributed by atoms with Crippen molar-refractivity contribution in [2.45, 2.75) is 19.4 Å². The highest BCUT2D eigenvalue weighted by Gasteiger charge is 2.13. The van der Waals surface area contributed by atoms with E-state index in [0.29, 0.717) is 5.75 Å². The van der Waals surface area contributed by atoms with Crippen molar-refractivity contribution >= 4 is 27.5 Å². The Balaban J connectivity index is 1.89. The predicted molar refractivity (Wildman–Crippen MR) is 93.9 cm³/mol. The number of halogens is 1. The van der Waals surface area contributed by atoms with Gasteiger partial charge in [-0.3, -0.25) is 14.9 Å². The van der Waals surface area contributed by atoms with Crippen LogP contribution in [0.5, 0.6) is 5.75 Å². The number of rotatable bonds is 7. The Morgan fingerprint density at radius 3 is 2.38 bits per heavy atom. The van der Waals surface area contributed by atoms with Crippen molar-refractivity contribution in [2.75, 3.05) is 6.61 Å². The summed E-state index contributed by atoms with van der Waals surface area (Å²) in [6, 6.07) is 13.3. The quantitative estimate of drug-likeness (QED) is 0.570. The Bertz CT molecular complexity index is 702. The second kappa shape index (κ2) is 8.44. The van der Waals surface area contributed by atoms with Gasteiger partial charge in [-0.2, -0.15) is 0 Å². The van der Waals surface area contributed by atoms with Gasteiger partial charge in [0.05, 0.1) is 11.0 Å². The molecule has 2 aromatic carbocycles. The molecule has 0 aliphatic rings. The molecule has 1 amide bonds. The molecule has 0 spiro atoms. The van der Waals surface area contributed by atoms with E-state index < -0.39 is 4.92 Å². The molecule has 0 radical (unpaired) electrons. The lowest BCUT2D eigenvalue weighted by Gasteiger charge is -2.17. The molecular formula is C17H17BrN2O4. The molecule has 1 atom stereocenters. The summed E-state index contributed by atoms with van der Waals surface area (Å²) in [5, 5.41) is 13.5. The van der Waals surface area contributed by atoms with Crippen molar-refractivity contribution in [2.24, 2.45) is 0 Å². The van der Waals surface area contributed by atoms with Crippen molar-refractivity contribution < 1.29 is 14.5 Å². The van der Waals surface area contributed by atoms with Gasteiger partial charge in [-0.1, -0.05) is 35.0 Å². The van der Waals surface area contributed by atoms with Crippen molar-refractivity contribution in [3.05, 3.63) is 68.7 Å². The van der Waals surface area contributed by atoms with Crippen LogP contribution < -0.4 is 10.1 Å². The molecule has 2 rings (SSSR count). The molecule has 0 aliphatic carbocycles. The number of nitro benzene ring substituents is 1. The van der Waals surface area contributed by atoms with Crippen LogP contribution in [0.3, 0.4) is 0 Å². The van der Waals surface area contributed by atoms with Crippen LogP contribution in [0.25, 0.3) is 0 Å². The molecule has 0 aromatic heterocycles. The Labute approximate surface area is 148 Å². The van der Waals surface area contributed by atoms with Crippen LogP contribution in [0.15, 0.2) is 53.0 Å². The summed E-state index contributed by atoms with van der Waals surface area (Å²) in [7, 11) is 0. The minimum Gasteiger partial charge on any atom is -0.484 e. The molecule has 0 saturated carbocycles. The van der Waals surface area contributed by atoms with Crippen molar-refractivity contribution in [1.82, 2.24) is 5.32 Å². The monoisotopic (exact) mass is 392 g/mol. The van der Waals surface area contributed by atoms with Gasteiger partial charge in [-0.05, 0) is 36.2 Å². The van der Waals surface area contributed by atoms with Crippen LogP contribution in [0.2, 0.25) is 0 Å². The highest BCUT2D eigenvalue weighted by Crippen LogP contribution is 2.20. The standard InChI is InChI=1S/C17H17BrN2O4/c1-2-16(12-3-5-13(18)6-4-12)19-17(21)11-24-15-9-7-14(8-10-15)20(22)23/h3-10,16H,2,11H2,1H3,(H,19,21)/t16-/m0/s1. The molecule has 1 N–H and O–H groups in total. The summed E-state index contributed by atoms with van der Waals surface area (Å²) in [5.74, 6) is 0.163. The molecule has 6 nitrogen and oxygen atoms in total. The second-order valence-corrected chi connectivity index (χ2v) is 6.04. The Morgan fingerprint density at radius 2 is 1.83 bits per heavy atom. The Morgan fingerprint density at radius 1 is 1.21 bits per heavy atom. The maximum Gasteiger partial charge on any atom is 0.269 e. The molecule has 0 unspecified atom stereocenters. The number of nitrogens with one attached hydrogen (secondary N) is 1. The topological polar surface area (TPSA) is 81.5 Å². The molecule has 0 saturated heterocycles. The van der Waals surface area contributed by atoms with E-state index in [1.54, 1.807) is 0 Å². The number of benzene rings is 2. The lowest BCUT2D eigenvalue weighted by molar-refractivity contribution is -0.384. The minimum absolute atomic E-state index is 0.0203. The summed E-state index contributed by atoms with van der Waals surface area (Å²) in [5.41, 5.74) is 0.998. The first-order valence-electron chi connectivity index (χ1n) is 7.41. The summed E-state index contributed by atoms with van der Waals surface area (Å²) >= 11 is 3.38. The molecule has 0 heterocycles. The van der Waals surface area contributed by atoms with Gasteiger partial charge in [0.2, 0.25) is 0 Å². The lowest BCUT2D eigenvalue weighted by atomic mass is 10.0. The van der Waals surface area contributed by atoms with Gasteiger partial charge in [-0.15, -0.1) is 0 Å². The highest BCUT2D eigenvalue weighted by atomic mass is 79.9. The van der Waals surface area contributed by atoms with Crippen LogP contribution in [-0.2, 0) is 4.79 Å². The third kappa shape index (κ3) is 5.06. The van der Waals surface area contributed by atoms with Crippen LogP contribution in [0.4, 0.5) is 5.69 Å². The fourth-order valence-corrected chi connectivity index (χ4v) is 2.43. The average Bonchev–Trinajstić information content (AvgIpc) is 2.59. The SMILES string of the molecule is CC[C@H](NC(=O)COc1ccc([N+](=O)[O-])cc1)c1ccc(Br)cc1. The zero-order valence-electron chi connectivity index (χ0n) is 13.1. The van der Waals surface area contributed by atoms with Gasteiger partial charge < -0.3 is 10.1 Å². The molecular weight excluding hydrogens is 376 g/mol. The molecule has 7 heteroatoms. The fraction of sp³-hybridized carbons (Fsp3) is 0.235. The Hall–Kier alpha value is -2.41. The zero-order chi connectivity index (χ0) is 17.5. The summed E-state index contributed by atoms with van der Waals surface area (Å²) in [6.07, 6.45) is 0.755. The summed E-state index contributed by atoms with van der Waals surface area (Å²) in [4.78, 5) is 22.1. The maximum absolute atomic E-state index is 12.0. The van der Waals surface area contributed by atoms with Crippen LogP contribution in [0.1, 0.15) is 24.9 Å². The van der Waals surface area contributed by atoms with Gasteiger partial charge in [0.1, 0.15) is 5.75 Å². The van der Waals surface area contributed by atoms with Crippen molar-refractivity contribution in [1.29, 1.82) is 0 Å². The number of nitro groups is 1. The third-order valence-electron chi connectivity index (χ3n) is 3.43. The van der Waals surface area contributed by atoms with Crippen molar-refractivity contribution in [3.8, 4) is 5.75 Å². The van der Waals surface area contributed by atoms with Gasteiger partial charge >= 0.3 is 0 Å². The molecule has 0 bridgehead atoms. The first kappa shape index (κ1) is 17.9. The van der Waals surface area contributed by atoms with Gasteiger partial charge in [0.25, 0.3) is 11.6 Å². The van der Waals surface area contributed by atoms with E-state index in [2.05, 4.69) is 21.2 Å². The number of amides is 1. The van der Waals surface area contributed by atoms with Crippen LogP contribution in [-0.4, -0.2) is 17.4 Å². The number of nitrogens with zero attached hydrogens (tertiary/aromatic N) is 1. The number of carbonyl (C=O) groups is 1. The average molecular weight is 393 g/mol. The van der Waals surface area contributed by atoms with E-state index in [1.165, 1.54) is 24.3 Å². The fourth-order valence-electron chi connectivity index (χ4n) is 2.17. The largest absolute Gasteiger partial charge is 0.484 e. The van der Waals surface area contributed by atoms with E-state index in [4.69, 9.17) is 4.74 Å². The first-order chi connectivity index (χ1) is 11.5. The van der Waals surface area contributed by atoms with E-state index in [1.807, 2.05) is 31.2 Å². The first-order valence-corrected chi connectivity index (χ1v) is 8.21. The van der Waals surface area contributed by atoms with E-state index >= 15 is 0 Å².